The number of ether oxygens (including phenoxy) is 1. The molecule has 2 aromatic heterocycles. The monoisotopic (exact) mass is 540 g/mol. The van der Waals surface area contributed by atoms with Gasteiger partial charge in [0.05, 0.1) is 25.2 Å². The molecule has 3 heterocycles. The minimum absolute atomic E-state index is 0.0109. The number of nitrogens with one attached hydrogen (secondary N) is 1. The molecular weight excluding hydrogens is 508 g/mol. The van der Waals surface area contributed by atoms with Crippen molar-refractivity contribution in [2.24, 2.45) is 9.98 Å². The van der Waals surface area contributed by atoms with Gasteiger partial charge in [-0.1, -0.05) is 29.8 Å². The summed E-state index contributed by atoms with van der Waals surface area (Å²) in [6.45, 7) is 8.36. The van der Waals surface area contributed by atoms with Crippen molar-refractivity contribution in [1.82, 2.24) is 20.0 Å². The molecule has 0 bridgehead atoms. The Balaban J connectivity index is 1.56. The van der Waals surface area contributed by atoms with Crippen LogP contribution in [0.4, 0.5) is 5.69 Å². The van der Waals surface area contributed by atoms with Gasteiger partial charge in [-0.25, -0.2) is 13.4 Å². The Kier molecular flexibility index (Phi) is 8.74. The minimum atomic E-state index is -3.10. The molecule has 3 aromatic rings. The van der Waals surface area contributed by atoms with Crippen LogP contribution in [0.15, 0.2) is 57.1 Å². The van der Waals surface area contributed by atoms with Crippen LogP contribution in [0.2, 0.25) is 0 Å². The average Bonchev–Trinajstić information content (AvgIpc) is 3.54. The van der Waals surface area contributed by atoms with Crippen molar-refractivity contribution in [3.05, 3.63) is 59.8 Å². The summed E-state index contributed by atoms with van der Waals surface area (Å²) in [6.07, 6.45) is 5.20. The van der Waals surface area contributed by atoms with E-state index in [9.17, 15) is 13.2 Å². The van der Waals surface area contributed by atoms with E-state index in [1.807, 2.05) is 36.2 Å². The van der Waals surface area contributed by atoms with Gasteiger partial charge in [-0.3, -0.25) is 14.5 Å². The Morgan fingerprint density at radius 2 is 2.00 bits per heavy atom. The number of amides is 1. The number of furan rings is 1. The van der Waals surface area contributed by atoms with E-state index in [0.717, 1.165) is 17.4 Å². The highest BCUT2D eigenvalue weighted by Crippen LogP contribution is 2.27. The van der Waals surface area contributed by atoms with Gasteiger partial charge in [0.1, 0.15) is 22.2 Å². The third-order valence-corrected chi connectivity index (χ3v) is 6.98. The van der Waals surface area contributed by atoms with Crippen molar-refractivity contribution >= 4 is 34.0 Å². The fourth-order valence-corrected chi connectivity index (χ4v) is 4.71. The number of morpholine rings is 1. The lowest BCUT2D eigenvalue weighted by atomic mass is 10.1. The molecule has 1 aliphatic heterocycles. The van der Waals surface area contributed by atoms with Crippen LogP contribution in [0.3, 0.4) is 0 Å². The zero-order chi connectivity index (χ0) is 27.1. The lowest BCUT2D eigenvalue weighted by Gasteiger charge is -2.29. The largest absolute Gasteiger partial charge is 0.445 e. The quantitative estimate of drug-likeness (QED) is 0.238. The minimum Gasteiger partial charge on any atom is -0.445 e. The third-order valence-electron chi connectivity index (χ3n) is 5.95. The summed E-state index contributed by atoms with van der Waals surface area (Å²) in [7, 11) is -3.10. The summed E-state index contributed by atoms with van der Waals surface area (Å²) in [5, 5.41) is 7.15. The lowest BCUT2D eigenvalue weighted by Crippen LogP contribution is -2.41. The number of aromatic nitrogens is 2. The van der Waals surface area contributed by atoms with E-state index in [1.165, 1.54) is 11.6 Å². The number of hydrogen-bond donors (Lipinski definition) is 1. The maximum Gasteiger partial charge on any atom is 0.287 e. The highest BCUT2D eigenvalue weighted by atomic mass is 32.2. The normalized spacial score (nSPS) is 14.5. The van der Waals surface area contributed by atoms with Gasteiger partial charge in [0.2, 0.25) is 0 Å². The number of rotatable bonds is 10. The zero-order valence-electron chi connectivity index (χ0n) is 21.6. The third kappa shape index (κ3) is 7.17. The summed E-state index contributed by atoms with van der Waals surface area (Å²) in [5.74, 6) is 0.422. The van der Waals surface area contributed by atoms with Crippen molar-refractivity contribution in [3.8, 4) is 11.1 Å². The molecule has 0 aliphatic carbocycles. The Hall–Kier alpha value is -3.77. The van der Waals surface area contributed by atoms with Gasteiger partial charge in [0.15, 0.2) is 17.4 Å². The van der Waals surface area contributed by atoms with E-state index >= 15 is 0 Å². The van der Waals surface area contributed by atoms with Crippen LogP contribution in [0, 0.1) is 6.92 Å². The van der Waals surface area contributed by atoms with Gasteiger partial charge in [0.25, 0.3) is 5.91 Å². The molecule has 0 spiro atoms. The fourth-order valence-electron chi connectivity index (χ4n) is 4.04. The van der Waals surface area contributed by atoms with Crippen molar-refractivity contribution < 1.29 is 22.4 Å². The number of sulfone groups is 1. The molecule has 0 saturated carbocycles. The van der Waals surface area contributed by atoms with Crippen LogP contribution in [-0.2, 0) is 21.2 Å². The second kappa shape index (κ2) is 12.2. The molecule has 1 amide bonds. The molecular formula is C26H32N6O5S. The molecule has 202 valence electrons. The molecule has 38 heavy (non-hydrogen) atoms. The van der Waals surface area contributed by atoms with Crippen molar-refractivity contribution in [2.45, 2.75) is 20.0 Å². The number of aryl methyl sites for hydroxylation is 1. The predicted octanol–water partition coefficient (Wildman–Crippen LogP) is 2.68. The van der Waals surface area contributed by atoms with Crippen LogP contribution in [0.1, 0.15) is 28.3 Å². The molecule has 1 fully saturated rings. The first-order valence-electron chi connectivity index (χ1n) is 12.3. The van der Waals surface area contributed by atoms with Crippen LogP contribution in [0.5, 0.6) is 0 Å². The molecule has 0 radical (unpaired) electrons. The van der Waals surface area contributed by atoms with Crippen LogP contribution < -0.4 is 5.32 Å². The highest BCUT2D eigenvalue weighted by molar-refractivity contribution is 7.90. The number of carbonyl (C=O) groups excluding carboxylic acids is 1. The topological polar surface area (TPSA) is 131 Å². The summed E-state index contributed by atoms with van der Waals surface area (Å²) in [6, 6.07) is 9.70. The fraction of sp³-hybridized carbons (Fsp3) is 0.385. The zero-order valence-corrected chi connectivity index (χ0v) is 22.4. The molecule has 12 heteroatoms. The van der Waals surface area contributed by atoms with Crippen LogP contribution in [-0.4, -0.2) is 86.4 Å². The van der Waals surface area contributed by atoms with Gasteiger partial charge in [0, 0.05) is 43.7 Å². The summed E-state index contributed by atoms with van der Waals surface area (Å²) in [5.41, 5.74) is 3.61. The maximum atomic E-state index is 12.7. The smallest absolute Gasteiger partial charge is 0.287 e. The molecule has 11 nitrogen and oxygen atoms in total. The molecule has 1 aliphatic rings. The second-order valence-corrected chi connectivity index (χ2v) is 11.3. The summed E-state index contributed by atoms with van der Waals surface area (Å²) in [4.78, 5) is 23.6. The number of amidine groups is 1. The van der Waals surface area contributed by atoms with E-state index in [2.05, 4.69) is 28.2 Å². The van der Waals surface area contributed by atoms with E-state index in [4.69, 9.17) is 14.1 Å². The van der Waals surface area contributed by atoms with Gasteiger partial charge in [-0.2, -0.15) is 5.10 Å². The second-order valence-electron chi connectivity index (χ2n) is 9.08. The van der Waals surface area contributed by atoms with Crippen molar-refractivity contribution in [1.29, 1.82) is 0 Å². The van der Waals surface area contributed by atoms with E-state index in [1.54, 1.807) is 10.9 Å². The number of nitrogens with zero attached hydrogens (tertiary/aromatic N) is 5. The Labute approximate surface area is 222 Å². The molecule has 1 N–H and O–H groups in total. The van der Waals surface area contributed by atoms with Crippen LogP contribution in [0.25, 0.3) is 11.1 Å². The van der Waals surface area contributed by atoms with Gasteiger partial charge in [-0.15, -0.1) is 0 Å². The number of carbonyl (C=O) groups is 1. The number of benzene rings is 1. The van der Waals surface area contributed by atoms with Crippen molar-refractivity contribution in [3.63, 3.8) is 0 Å². The van der Waals surface area contributed by atoms with Gasteiger partial charge in [-0.05, 0) is 25.6 Å². The molecule has 1 aromatic carbocycles. The van der Waals surface area contributed by atoms with E-state index in [-0.39, 0.29) is 24.7 Å². The average molecular weight is 541 g/mol. The first-order chi connectivity index (χ1) is 18.2. The summed E-state index contributed by atoms with van der Waals surface area (Å²) >= 11 is 0. The lowest BCUT2D eigenvalue weighted by molar-refractivity contribution is 0.0675. The number of aliphatic imine (C=N–C) groups is 2. The predicted molar refractivity (Wildman–Crippen MR) is 146 cm³/mol. The Morgan fingerprint density at radius 1 is 1.21 bits per heavy atom. The van der Waals surface area contributed by atoms with Gasteiger partial charge < -0.3 is 19.4 Å². The van der Waals surface area contributed by atoms with E-state index < -0.39 is 15.7 Å². The number of hydrogen-bond acceptors (Lipinski definition) is 8. The standard InChI is InChI=1S/C26H32N6O5S/c1-19-6-4-7-20(14-19)21-16-30-32(17-21)18-29-25(31-9-11-36-12-10-31)24-22(27-2)15-23(37-24)26(33)28-8-5-13-38(3,34)35/h4,6-7,14-17H,2,5,8-13,18H2,1,3H3,(H,28,33)/b29-25+. The Morgan fingerprint density at radius 3 is 2.71 bits per heavy atom. The van der Waals surface area contributed by atoms with Gasteiger partial charge >= 0.3 is 0 Å². The molecule has 0 unspecified atom stereocenters. The SMILES string of the molecule is C=Nc1cc(C(=O)NCCCS(C)(=O)=O)oc1/C(=N\Cn1cc(-c2cccc(C)c2)cn1)N1CCOCC1. The summed E-state index contributed by atoms with van der Waals surface area (Å²) < 4.78 is 35.8. The molecule has 1 saturated heterocycles. The van der Waals surface area contributed by atoms with Crippen LogP contribution >= 0.6 is 0 Å². The highest BCUT2D eigenvalue weighted by Gasteiger charge is 2.25. The molecule has 4 rings (SSSR count). The first kappa shape index (κ1) is 27.3. The first-order valence-corrected chi connectivity index (χ1v) is 14.3. The van der Waals surface area contributed by atoms with Crippen molar-refractivity contribution in [2.75, 3.05) is 44.9 Å². The van der Waals surface area contributed by atoms with E-state index in [0.29, 0.717) is 50.0 Å². The Bertz CT molecular complexity index is 1420. The molecule has 0 atom stereocenters. The maximum absolute atomic E-state index is 12.7.